The molecule has 0 saturated carbocycles. The summed E-state index contributed by atoms with van der Waals surface area (Å²) in [7, 11) is 0. The molecule has 1 amide bonds. The summed E-state index contributed by atoms with van der Waals surface area (Å²) in [5, 5.41) is 15.1. The fraction of sp³-hybridized carbons (Fsp3) is 0.370. The molecule has 2 saturated heterocycles. The third kappa shape index (κ3) is 4.70. The van der Waals surface area contributed by atoms with E-state index in [0.29, 0.717) is 23.7 Å². The number of aromatic nitrogens is 2. The topological polar surface area (TPSA) is 110 Å². The lowest BCUT2D eigenvalue weighted by atomic mass is 9.88. The smallest absolute Gasteiger partial charge is 0.411 e. The Morgan fingerprint density at radius 3 is 2.71 bits per heavy atom. The van der Waals surface area contributed by atoms with Gasteiger partial charge in [-0.3, -0.25) is 15.0 Å². The third-order valence-corrected chi connectivity index (χ3v) is 7.07. The second-order valence-electron chi connectivity index (χ2n) is 10.5. The van der Waals surface area contributed by atoms with Gasteiger partial charge >= 0.3 is 6.09 Å². The maximum absolute atomic E-state index is 14.5. The number of hydrogen-bond donors (Lipinski definition) is 1. The molecule has 38 heavy (non-hydrogen) atoms. The Morgan fingerprint density at radius 2 is 2.03 bits per heavy atom. The van der Waals surface area contributed by atoms with E-state index in [1.807, 2.05) is 20.8 Å². The molecule has 3 aromatic rings. The van der Waals surface area contributed by atoms with Gasteiger partial charge in [0.05, 0.1) is 21.2 Å². The summed E-state index contributed by atoms with van der Waals surface area (Å²) in [5.74, 6) is 5.69. The van der Waals surface area contributed by atoms with Crippen molar-refractivity contribution in [3.63, 3.8) is 0 Å². The zero-order valence-electron chi connectivity index (χ0n) is 21.0. The van der Waals surface area contributed by atoms with Gasteiger partial charge in [0, 0.05) is 17.5 Å². The van der Waals surface area contributed by atoms with Crippen LogP contribution in [-0.4, -0.2) is 43.1 Å². The molecule has 2 aromatic carbocycles. The predicted octanol–water partition coefficient (Wildman–Crippen LogP) is 6.36. The minimum atomic E-state index is -0.738. The Balaban J connectivity index is 1.54. The first-order valence-electron chi connectivity index (χ1n) is 12.2. The first-order valence-corrected chi connectivity index (χ1v) is 12.5. The Morgan fingerprint density at radius 1 is 1.29 bits per heavy atom. The van der Waals surface area contributed by atoms with Crippen LogP contribution in [0, 0.1) is 27.8 Å². The molecule has 2 fully saturated rings. The maximum Gasteiger partial charge on any atom is 0.411 e. The van der Waals surface area contributed by atoms with E-state index in [9.17, 15) is 19.3 Å². The van der Waals surface area contributed by atoms with Crippen molar-refractivity contribution in [3.8, 4) is 11.8 Å². The van der Waals surface area contributed by atoms with Crippen molar-refractivity contribution in [2.45, 2.75) is 63.6 Å². The molecule has 196 valence electrons. The summed E-state index contributed by atoms with van der Waals surface area (Å²) in [6, 6.07) is 7.34. The second kappa shape index (κ2) is 9.40. The van der Waals surface area contributed by atoms with Crippen LogP contribution in [0.5, 0.6) is 0 Å². The summed E-state index contributed by atoms with van der Waals surface area (Å²) < 4.78 is 20.1. The predicted molar refractivity (Wildman–Crippen MR) is 141 cm³/mol. The van der Waals surface area contributed by atoms with Crippen molar-refractivity contribution >= 4 is 45.8 Å². The average molecular weight is 538 g/mol. The van der Waals surface area contributed by atoms with Gasteiger partial charge in [-0.05, 0) is 64.7 Å². The number of halogens is 2. The molecule has 2 bridgehead atoms. The quantitative estimate of drug-likeness (QED) is 0.235. The monoisotopic (exact) mass is 537 g/mol. The van der Waals surface area contributed by atoms with E-state index in [1.54, 1.807) is 11.0 Å². The molecular formula is C27H25ClFN5O4. The number of nitro benzene ring substituents is 1. The molecule has 3 heterocycles. The van der Waals surface area contributed by atoms with Crippen molar-refractivity contribution in [2.24, 2.45) is 0 Å². The Bertz CT molecular complexity index is 1520. The van der Waals surface area contributed by atoms with Crippen LogP contribution in [0.4, 0.5) is 26.4 Å². The van der Waals surface area contributed by atoms with Gasteiger partial charge in [0.25, 0.3) is 5.69 Å². The molecule has 1 N–H and O–H groups in total. The molecule has 9 nitrogen and oxygen atoms in total. The second-order valence-corrected chi connectivity index (χ2v) is 10.9. The van der Waals surface area contributed by atoms with E-state index in [2.05, 4.69) is 27.1 Å². The van der Waals surface area contributed by atoms with Gasteiger partial charge < -0.3 is 10.1 Å². The number of carbonyl (C=O) groups excluding carboxylic acids is 1. The van der Waals surface area contributed by atoms with Crippen LogP contribution in [0.15, 0.2) is 36.7 Å². The number of nitrogens with zero attached hydrogens (tertiary/aromatic N) is 4. The van der Waals surface area contributed by atoms with Crippen LogP contribution >= 0.6 is 11.6 Å². The lowest BCUT2D eigenvalue weighted by Gasteiger charge is -2.32. The fourth-order valence-corrected chi connectivity index (χ4v) is 5.28. The SMILES string of the molecule is CC(C)(C)OC(=O)N1C2CCC1(C#Cc1cc3ncnc(Nc4cccc(Cl)c4F)c3cc1[N+](=O)[O-])CC2. The molecule has 0 atom stereocenters. The number of fused-ring (bicyclic) bond motifs is 3. The Kier molecular flexibility index (Phi) is 6.35. The Labute approximate surface area is 223 Å². The van der Waals surface area contributed by atoms with Crippen LogP contribution in [0.1, 0.15) is 52.0 Å². The zero-order valence-corrected chi connectivity index (χ0v) is 21.8. The number of hydrogen-bond acceptors (Lipinski definition) is 7. The molecule has 0 spiro atoms. The number of nitrogens with one attached hydrogen (secondary N) is 1. The first-order chi connectivity index (χ1) is 18.0. The van der Waals surface area contributed by atoms with Crippen LogP contribution in [-0.2, 0) is 4.74 Å². The summed E-state index contributed by atoms with van der Waals surface area (Å²) in [6.45, 7) is 5.43. The first kappa shape index (κ1) is 25.7. The van der Waals surface area contributed by atoms with Gasteiger partial charge in [0.2, 0.25) is 0 Å². The van der Waals surface area contributed by atoms with Crippen molar-refractivity contribution in [2.75, 3.05) is 5.32 Å². The van der Waals surface area contributed by atoms with E-state index in [1.165, 1.54) is 30.6 Å². The van der Waals surface area contributed by atoms with Gasteiger partial charge in [-0.15, -0.1) is 0 Å². The van der Waals surface area contributed by atoms with Crippen molar-refractivity contribution in [3.05, 3.63) is 63.2 Å². The van der Waals surface area contributed by atoms with Crippen LogP contribution < -0.4 is 5.32 Å². The van der Waals surface area contributed by atoms with Gasteiger partial charge in [-0.2, -0.15) is 0 Å². The number of nitro groups is 1. The van der Waals surface area contributed by atoms with Crippen LogP contribution in [0.2, 0.25) is 5.02 Å². The van der Waals surface area contributed by atoms with E-state index < -0.39 is 28.0 Å². The van der Waals surface area contributed by atoms with Gasteiger partial charge in [0.15, 0.2) is 5.82 Å². The molecule has 0 unspecified atom stereocenters. The number of benzene rings is 2. The van der Waals surface area contributed by atoms with E-state index >= 15 is 0 Å². The van der Waals surface area contributed by atoms with Crippen LogP contribution in [0.25, 0.3) is 10.9 Å². The standard InChI is InChI=1S/C27H25ClFN5O4/c1-26(2,3)38-25(35)33-17-8-11-27(33,12-9-17)10-7-16-13-21-18(14-22(16)34(36)37)24(31-15-30-21)32-20-6-4-5-19(28)23(20)29/h4-6,13-15,17H,8-9,11-12H2,1-3H3,(H,30,31,32). The summed E-state index contributed by atoms with van der Waals surface area (Å²) in [4.78, 5) is 34.6. The van der Waals surface area contributed by atoms with E-state index in [-0.39, 0.29) is 33.8 Å². The molecule has 0 radical (unpaired) electrons. The van der Waals surface area contributed by atoms with E-state index in [0.717, 1.165) is 12.8 Å². The lowest BCUT2D eigenvalue weighted by molar-refractivity contribution is -0.385. The highest BCUT2D eigenvalue weighted by Crippen LogP contribution is 2.47. The molecule has 11 heteroatoms. The molecule has 2 aliphatic heterocycles. The highest BCUT2D eigenvalue weighted by molar-refractivity contribution is 6.31. The number of ether oxygens (including phenoxy) is 1. The fourth-order valence-electron chi connectivity index (χ4n) is 5.10. The third-order valence-electron chi connectivity index (χ3n) is 6.78. The van der Waals surface area contributed by atoms with Crippen molar-refractivity contribution in [1.82, 2.24) is 14.9 Å². The molecule has 2 aliphatic rings. The van der Waals surface area contributed by atoms with Crippen molar-refractivity contribution < 1.29 is 18.8 Å². The minimum absolute atomic E-state index is 0.0407. The molecule has 0 aliphatic carbocycles. The molecule has 5 rings (SSSR count). The van der Waals surface area contributed by atoms with Gasteiger partial charge in [-0.25, -0.2) is 19.2 Å². The Hall–Kier alpha value is -3.97. The largest absolute Gasteiger partial charge is 0.444 e. The van der Waals surface area contributed by atoms with E-state index in [4.69, 9.17) is 16.3 Å². The van der Waals surface area contributed by atoms with Gasteiger partial charge in [0.1, 0.15) is 28.8 Å². The summed E-state index contributed by atoms with van der Waals surface area (Å²) >= 11 is 5.88. The number of rotatable bonds is 3. The van der Waals surface area contributed by atoms with Crippen LogP contribution in [0.3, 0.4) is 0 Å². The summed E-state index contributed by atoms with van der Waals surface area (Å²) in [6.07, 6.45) is 3.81. The van der Waals surface area contributed by atoms with Gasteiger partial charge in [-0.1, -0.05) is 29.5 Å². The molecule has 1 aromatic heterocycles. The normalized spacial score (nSPS) is 20.2. The summed E-state index contributed by atoms with van der Waals surface area (Å²) in [5.41, 5.74) is -1.01. The number of anilines is 2. The number of amides is 1. The van der Waals surface area contributed by atoms with Crippen molar-refractivity contribution in [1.29, 1.82) is 0 Å². The lowest BCUT2D eigenvalue weighted by Crippen LogP contribution is -2.46. The highest BCUT2D eigenvalue weighted by atomic mass is 35.5. The maximum atomic E-state index is 14.5. The zero-order chi connectivity index (χ0) is 27.2. The minimum Gasteiger partial charge on any atom is -0.444 e. The highest BCUT2D eigenvalue weighted by Gasteiger charge is 2.54. The number of carbonyl (C=O) groups is 1. The molecular weight excluding hydrogens is 513 g/mol. The average Bonchev–Trinajstić information content (AvgIpc) is 3.40.